The lowest BCUT2D eigenvalue weighted by molar-refractivity contribution is 0.199. The van der Waals surface area contributed by atoms with Crippen molar-refractivity contribution in [3.63, 3.8) is 0 Å². The van der Waals surface area contributed by atoms with Crippen LogP contribution >= 0.6 is 0 Å². The summed E-state index contributed by atoms with van der Waals surface area (Å²) in [5, 5.41) is 9.66. The van der Waals surface area contributed by atoms with Crippen LogP contribution in [0.4, 0.5) is 5.69 Å². The van der Waals surface area contributed by atoms with E-state index in [1.54, 1.807) is 0 Å². The first-order chi connectivity index (χ1) is 7.02. The monoisotopic (exact) mass is 207 g/mol. The highest BCUT2D eigenvalue weighted by Gasteiger charge is 2.11. The number of aliphatic hydroxyl groups excluding tert-OH is 1. The van der Waals surface area contributed by atoms with Gasteiger partial charge in [0, 0.05) is 24.8 Å². The Morgan fingerprint density at radius 3 is 2.33 bits per heavy atom. The maximum atomic E-state index is 9.66. The van der Waals surface area contributed by atoms with Gasteiger partial charge in [0.25, 0.3) is 0 Å². The zero-order valence-corrected chi connectivity index (χ0v) is 10.1. The molecule has 0 spiro atoms. The smallest absolute Gasteiger partial charge is 0.0781 e. The largest absolute Gasteiger partial charge is 0.389 e. The minimum Gasteiger partial charge on any atom is -0.389 e. The van der Waals surface area contributed by atoms with Gasteiger partial charge in [0.15, 0.2) is 0 Å². The number of aliphatic hydroxyl groups is 1. The molecule has 0 unspecified atom stereocenters. The number of anilines is 1. The summed E-state index contributed by atoms with van der Waals surface area (Å²) in [5.74, 6) is 0.622. The van der Waals surface area contributed by atoms with E-state index in [4.69, 9.17) is 0 Å². The highest BCUT2D eigenvalue weighted by molar-refractivity contribution is 5.53. The average Bonchev–Trinajstić information content (AvgIpc) is 2.16. The fourth-order valence-corrected chi connectivity index (χ4v) is 1.83. The second-order valence-electron chi connectivity index (χ2n) is 4.51. The molecule has 0 aliphatic heterocycles. The Bertz CT molecular complexity index is 307. The standard InChI is InChI=1S/C13H21NO/c1-10(2)9-14(4)13-8-6-5-7-12(13)11(3)15/h5-8,10-11,15H,9H2,1-4H3/t11-/m0/s1. The van der Waals surface area contributed by atoms with Gasteiger partial charge in [-0.1, -0.05) is 32.0 Å². The van der Waals surface area contributed by atoms with Crippen LogP contribution in [0.15, 0.2) is 24.3 Å². The Balaban J connectivity index is 2.92. The van der Waals surface area contributed by atoms with E-state index in [2.05, 4.69) is 31.9 Å². The van der Waals surface area contributed by atoms with Crippen LogP contribution in [-0.2, 0) is 0 Å². The maximum absolute atomic E-state index is 9.66. The van der Waals surface area contributed by atoms with E-state index in [1.165, 1.54) is 0 Å². The molecule has 0 aromatic heterocycles. The van der Waals surface area contributed by atoms with Gasteiger partial charge in [0.1, 0.15) is 0 Å². The molecule has 0 saturated heterocycles. The van der Waals surface area contributed by atoms with E-state index < -0.39 is 6.10 Å². The Kier molecular flexibility index (Phi) is 4.15. The van der Waals surface area contributed by atoms with Crippen LogP contribution in [0.2, 0.25) is 0 Å². The molecule has 1 aromatic carbocycles. The Morgan fingerprint density at radius 2 is 1.80 bits per heavy atom. The number of nitrogens with zero attached hydrogens (tertiary/aromatic N) is 1. The first-order valence-corrected chi connectivity index (χ1v) is 5.50. The second kappa shape index (κ2) is 5.17. The lowest BCUT2D eigenvalue weighted by atomic mass is 10.1. The van der Waals surface area contributed by atoms with E-state index in [-0.39, 0.29) is 0 Å². The number of hydrogen-bond acceptors (Lipinski definition) is 2. The van der Waals surface area contributed by atoms with Gasteiger partial charge in [-0.2, -0.15) is 0 Å². The highest BCUT2D eigenvalue weighted by atomic mass is 16.3. The van der Waals surface area contributed by atoms with Gasteiger partial charge in [-0.15, -0.1) is 0 Å². The molecule has 84 valence electrons. The normalized spacial score (nSPS) is 12.9. The number of rotatable bonds is 4. The second-order valence-corrected chi connectivity index (χ2v) is 4.51. The molecule has 0 aliphatic rings. The zero-order valence-electron chi connectivity index (χ0n) is 10.1. The van der Waals surface area contributed by atoms with Crippen LogP contribution in [0.25, 0.3) is 0 Å². The third-order valence-corrected chi connectivity index (χ3v) is 2.44. The van der Waals surface area contributed by atoms with Crippen molar-refractivity contribution in [1.29, 1.82) is 0 Å². The first-order valence-electron chi connectivity index (χ1n) is 5.50. The van der Waals surface area contributed by atoms with E-state index in [0.29, 0.717) is 5.92 Å². The Morgan fingerprint density at radius 1 is 1.20 bits per heavy atom. The molecule has 0 radical (unpaired) electrons. The molecule has 1 aromatic rings. The van der Waals surface area contributed by atoms with Gasteiger partial charge in [-0.05, 0) is 18.9 Å². The fourth-order valence-electron chi connectivity index (χ4n) is 1.83. The van der Waals surface area contributed by atoms with Crippen LogP contribution in [0.1, 0.15) is 32.4 Å². The van der Waals surface area contributed by atoms with Crippen molar-refractivity contribution in [2.24, 2.45) is 5.92 Å². The molecule has 0 saturated carbocycles. The maximum Gasteiger partial charge on any atom is 0.0781 e. The molecule has 0 bridgehead atoms. The van der Waals surface area contributed by atoms with Crippen molar-refractivity contribution in [3.8, 4) is 0 Å². The summed E-state index contributed by atoms with van der Waals surface area (Å²) < 4.78 is 0. The highest BCUT2D eigenvalue weighted by Crippen LogP contribution is 2.25. The van der Waals surface area contributed by atoms with Gasteiger partial charge in [-0.3, -0.25) is 0 Å². The van der Waals surface area contributed by atoms with Gasteiger partial charge >= 0.3 is 0 Å². The molecule has 2 nitrogen and oxygen atoms in total. The van der Waals surface area contributed by atoms with Crippen LogP contribution in [0, 0.1) is 5.92 Å². The average molecular weight is 207 g/mol. The molecule has 15 heavy (non-hydrogen) atoms. The summed E-state index contributed by atoms with van der Waals surface area (Å²) in [6.07, 6.45) is -0.407. The molecular formula is C13H21NO. The van der Waals surface area contributed by atoms with Gasteiger partial charge in [-0.25, -0.2) is 0 Å². The summed E-state index contributed by atoms with van der Waals surface area (Å²) in [5.41, 5.74) is 2.13. The first kappa shape index (κ1) is 12.1. The van der Waals surface area contributed by atoms with Gasteiger partial charge in [0.2, 0.25) is 0 Å². The topological polar surface area (TPSA) is 23.5 Å². The number of benzene rings is 1. The van der Waals surface area contributed by atoms with Crippen LogP contribution in [0.3, 0.4) is 0 Å². The molecule has 0 aliphatic carbocycles. The molecule has 0 fully saturated rings. The molecule has 1 rings (SSSR count). The third-order valence-electron chi connectivity index (χ3n) is 2.44. The van der Waals surface area contributed by atoms with Crippen molar-refractivity contribution >= 4 is 5.69 Å². The van der Waals surface area contributed by atoms with Crippen LogP contribution in [-0.4, -0.2) is 18.7 Å². The van der Waals surface area contributed by atoms with Gasteiger partial charge < -0.3 is 10.0 Å². The number of hydrogen-bond donors (Lipinski definition) is 1. The Hall–Kier alpha value is -1.02. The summed E-state index contributed by atoms with van der Waals surface area (Å²) in [7, 11) is 2.07. The lowest BCUT2D eigenvalue weighted by Crippen LogP contribution is -2.23. The molecule has 1 N–H and O–H groups in total. The van der Waals surface area contributed by atoms with Crippen LogP contribution < -0.4 is 4.90 Å². The Labute approximate surface area is 92.5 Å². The molecular weight excluding hydrogens is 186 g/mol. The van der Waals surface area contributed by atoms with Crippen molar-refractivity contribution < 1.29 is 5.11 Å². The minimum atomic E-state index is -0.407. The number of para-hydroxylation sites is 1. The molecule has 0 amide bonds. The lowest BCUT2D eigenvalue weighted by Gasteiger charge is -2.25. The summed E-state index contributed by atoms with van der Waals surface area (Å²) in [4.78, 5) is 2.20. The van der Waals surface area contributed by atoms with Crippen molar-refractivity contribution in [3.05, 3.63) is 29.8 Å². The quantitative estimate of drug-likeness (QED) is 0.820. The molecule has 0 heterocycles. The fraction of sp³-hybridized carbons (Fsp3) is 0.538. The summed E-state index contributed by atoms with van der Waals surface area (Å²) in [6, 6.07) is 8.02. The van der Waals surface area contributed by atoms with Gasteiger partial charge in [0.05, 0.1) is 6.10 Å². The van der Waals surface area contributed by atoms with Crippen LogP contribution in [0.5, 0.6) is 0 Å². The van der Waals surface area contributed by atoms with Crippen molar-refractivity contribution in [2.75, 3.05) is 18.5 Å². The summed E-state index contributed by atoms with van der Waals surface area (Å²) in [6.45, 7) is 7.20. The van der Waals surface area contributed by atoms with Crippen molar-refractivity contribution in [1.82, 2.24) is 0 Å². The van der Waals surface area contributed by atoms with E-state index in [9.17, 15) is 5.11 Å². The van der Waals surface area contributed by atoms with E-state index in [1.807, 2.05) is 25.1 Å². The summed E-state index contributed by atoms with van der Waals surface area (Å²) >= 11 is 0. The predicted octanol–water partition coefficient (Wildman–Crippen LogP) is 2.83. The zero-order chi connectivity index (χ0) is 11.4. The third kappa shape index (κ3) is 3.24. The molecule has 2 heteroatoms. The molecule has 1 atom stereocenters. The minimum absolute atomic E-state index is 0.407. The SMILES string of the molecule is CC(C)CN(C)c1ccccc1[C@H](C)O. The predicted molar refractivity (Wildman–Crippen MR) is 65.2 cm³/mol. The van der Waals surface area contributed by atoms with E-state index >= 15 is 0 Å². The van der Waals surface area contributed by atoms with E-state index in [0.717, 1.165) is 17.8 Å². The van der Waals surface area contributed by atoms with Crippen molar-refractivity contribution in [2.45, 2.75) is 26.9 Å².